The first-order chi connectivity index (χ1) is 15.2. The van der Waals surface area contributed by atoms with Gasteiger partial charge in [0, 0.05) is 12.1 Å². The Kier molecular flexibility index (Phi) is 7.43. The van der Waals surface area contributed by atoms with Gasteiger partial charge in [0.2, 0.25) is 5.91 Å². The zero-order valence-electron chi connectivity index (χ0n) is 18.3. The number of nitrogens with zero attached hydrogens (tertiary/aromatic N) is 3. The molecule has 0 saturated heterocycles. The molecule has 1 aromatic heterocycles. The molecule has 0 aliphatic carbocycles. The van der Waals surface area contributed by atoms with Crippen molar-refractivity contribution in [3.8, 4) is 5.75 Å². The highest BCUT2D eigenvalue weighted by molar-refractivity contribution is 6.33. The molecule has 2 aromatic carbocycles. The molecule has 3 aromatic rings. The first-order valence-electron chi connectivity index (χ1n) is 9.87. The molecule has 2 amide bonds. The number of anilines is 1. The van der Waals surface area contributed by atoms with Crippen molar-refractivity contribution >= 4 is 40.7 Å². The molecule has 1 N–H and O–H groups in total. The zero-order valence-corrected chi connectivity index (χ0v) is 19.8. The van der Waals surface area contributed by atoms with Crippen LogP contribution in [0.1, 0.15) is 27.2 Å². The van der Waals surface area contributed by atoms with E-state index in [0.29, 0.717) is 28.7 Å². The fraction of sp³-hybridized carbons (Fsp3) is 0.261. The largest absolute Gasteiger partial charge is 0.495 e. The maximum Gasteiger partial charge on any atom is 0.259 e. The van der Waals surface area contributed by atoms with E-state index >= 15 is 0 Å². The van der Waals surface area contributed by atoms with Gasteiger partial charge in [0.15, 0.2) is 0 Å². The molecule has 9 heteroatoms. The Balaban J connectivity index is 1.71. The molecule has 0 radical (unpaired) electrons. The number of likely N-dealkylation sites (N-methyl/N-ethyl adjacent to an activating group) is 1. The predicted molar refractivity (Wildman–Crippen MR) is 126 cm³/mol. The predicted octanol–water partition coefficient (Wildman–Crippen LogP) is 4.57. The lowest BCUT2D eigenvalue weighted by Crippen LogP contribution is -2.35. The van der Waals surface area contributed by atoms with E-state index in [4.69, 9.17) is 27.9 Å². The van der Waals surface area contributed by atoms with Crippen molar-refractivity contribution in [3.05, 3.63) is 75.0 Å². The lowest BCUT2D eigenvalue weighted by atomic mass is 10.1. The molecule has 0 bridgehead atoms. The summed E-state index contributed by atoms with van der Waals surface area (Å²) in [5.74, 6) is -0.328. The van der Waals surface area contributed by atoms with Crippen molar-refractivity contribution in [1.82, 2.24) is 14.7 Å². The standard InChI is InChI=1S/C23H24Cl2N4O3/c1-14-5-7-16(8-6-14)12-29-22(25)21(15(2)27-29)23(31)28(3)13-20(30)26-18-11-17(24)9-10-19(18)32-4/h5-11H,12-13H2,1-4H3,(H,26,30). The van der Waals surface area contributed by atoms with Crippen molar-refractivity contribution in [1.29, 1.82) is 0 Å². The van der Waals surface area contributed by atoms with Crippen molar-refractivity contribution in [2.45, 2.75) is 20.4 Å². The van der Waals surface area contributed by atoms with Gasteiger partial charge in [-0.25, -0.2) is 4.68 Å². The van der Waals surface area contributed by atoms with Gasteiger partial charge < -0.3 is 15.0 Å². The summed E-state index contributed by atoms with van der Waals surface area (Å²) in [6.45, 7) is 3.98. The van der Waals surface area contributed by atoms with Gasteiger partial charge in [-0.3, -0.25) is 9.59 Å². The maximum absolute atomic E-state index is 13.0. The molecule has 0 aliphatic rings. The number of aromatic nitrogens is 2. The van der Waals surface area contributed by atoms with E-state index in [1.165, 1.54) is 19.1 Å². The van der Waals surface area contributed by atoms with E-state index in [-0.39, 0.29) is 17.3 Å². The second kappa shape index (κ2) is 10.1. The van der Waals surface area contributed by atoms with Gasteiger partial charge in [-0.1, -0.05) is 53.0 Å². The van der Waals surface area contributed by atoms with Crippen LogP contribution in [0.2, 0.25) is 10.2 Å². The summed E-state index contributed by atoms with van der Waals surface area (Å²) in [5.41, 5.74) is 3.36. The quantitative estimate of drug-likeness (QED) is 0.543. The number of aryl methyl sites for hydroxylation is 2. The third-order valence-electron chi connectivity index (χ3n) is 4.90. The summed E-state index contributed by atoms with van der Waals surface area (Å²) in [7, 11) is 3.03. The molecular formula is C23H24Cl2N4O3. The smallest absolute Gasteiger partial charge is 0.259 e. The Morgan fingerprint density at radius 1 is 1.12 bits per heavy atom. The molecule has 0 unspecified atom stereocenters. The first kappa shape index (κ1) is 23.6. The summed E-state index contributed by atoms with van der Waals surface area (Å²) in [5, 5.41) is 7.82. The van der Waals surface area contributed by atoms with E-state index in [1.807, 2.05) is 31.2 Å². The molecular weight excluding hydrogens is 451 g/mol. The fourth-order valence-electron chi connectivity index (χ4n) is 3.21. The third kappa shape index (κ3) is 5.41. The topological polar surface area (TPSA) is 76.5 Å². The van der Waals surface area contributed by atoms with Crippen LogP contribution in [0.3, 0.4) is 0 Å². The van der Waals surface area contributed by atoms with Gasteiger partial charge in [0.05, 0.1) is 37.1 Å². The number of halogens is 2. The summed E-state index contributed by atoms with van der Waals surface area (Å²) < 4.78 is 6.81. The number of carbonyl (C=O) groups is 2. The summed E-state index contributed by atoms with van der Waals surface area (Å²) in [4.78, 5) is 26.8. The van der Waals surface area contributed by atoms with Crippen LogP contribution in [0.25, 0.3) is 0 Å². The highest BCUT2D eigenvalue weighted by Crippen LogP contribution is 2.28. The highest BCUT2D eigenvalue weighted by Gasteiger charge is 2.24. The Morgan fingerprint density at radius 3 is 2.47 bits per heavy atom. The molecule has 0 spiro atoms. The number of methoxy groups -OCH3 is 1. The van der Waals surface area contributed by atoms with E-state index in [0.717, 1.165) is 11.1 Å². The Bertz CT molecular complexity index is 1140. The second-order valence-corrected chi connectivity index (χ2v) is 8.24. The van der Waals surface area contributed by atoms with Crippen molar-refractivity contribution in [2.75, 3.05) is 26.0 Å². The minimum absolute atomic E-state index is 0.187. The number of carbonyl (C=O) groups excluding carboxylic acids is 2. The van der Waals surface area contributed by atoms with Crippen molar-refractivity contribution in [2.24, 2.45) is 0 Å². The summed E-state index contributed by atoms with van der Waals surface area (Å²) in [6, 6.07) is 12.9. The summed E-state index contributed by atoms with van der Waals surface area (Å²) in [6.07, 6.45) is 0. The number of nitrogens with one attached hydrogen (secondary N) is 1. The van der Waals surface area contributed by atoms with Crippen LogP contribution in [0.5, 0.6) is 5.75 Å². The van der Waals surface area contributed by atoms with Crippen LogP contribution >= 0.6 is 23.2 Å². The van der Waals surface area contributed by atoms with E-state index < -0.39 is 11.8 Å². The van der Waals surface area contributed by atoms with E-state index in [1.54, 1.807) is 29.8 Å². The van der Waals surface area contributed by atoms with Crippen LogP contribution in [0.15, 0.2) is 42.5 Å². The highest BCUT2D eigenvalue weighted by atomic mass is 35.5. The molecule has 1 heterocycles. The van der Waals surface area contributed by atoms with Gasteiger partial charge in [0.25, 0.3) is 5.91 Å². The summed E-state index contributed by atoms with van der Waals surface area (Å²) >= 11 is 12.5. The Hall–Kier alpha value is -3.03. The van der Waals surface area contributed by atoms with E-state index in [9.17, 15) is 9.59 Å². The minimum atomic E-state index is -0.401. The number of benzene rings is 2. The SMILES string of the molecule is COc1ccc(Cl)cc1NC(=O)CN(C)C(=O)c1c(C)nn(Cc2ccc(C)cc2)c1Cl. The minimum Gasteiger partial charge on any atom is -0.495 e. The number of hydrogen-bond acceptors (Lipinski definition) is 4. The van der Waals surface area contributed by atoms with Crippen LogP contribution < -0.4 is 10.1 Å². The monoisotopic (exact) mass is 474 g/mol. The average molecular weight is 475 g/mol. The fourth-order valence-corrected chi connectivity index (χ4v) is 3.70. The van der Waals surface area contributed by atoms with Gasteiger partial charge in [-0.2, -0.15) is 5.10 Å². The van der Waals surface area contributed by atoms with Crippen LogP contribution in [-0.4, -0.2) is 47.2 Å². The maximum atomic E-state index is 13.0. The Morgan fingerprint density at radius 2 is 1.81 bits per heavy atom. The van der Waals surface area contributed by atoms with E-state index in [2.05, 4.69) is 10.4 Å². The van der Waals surface area contributed by atoms with Gasteiger partial charge in [0.1, 0.15) is 10.9 Å². The van der Waals surface area contributed by atoms with Crippen LogP contribution in [-0.2, 0) is 11.3 Å². The average Bonchev–Trinajstić information content (AvgIpc) is 3.02. The Labute approximate surface area is 196 Å². The van der Waals surface area contributed by atoms with Crippen molar-refractivity contribution in [3.63, 3.8) is 0 Å². The molecule has 0 aliphatic heterocycles. The molecule has 168 valence electrons. The first-order valence-corrected chi connectivity index (χ1v) is 10.6. The van der Waals surface area contributed by atoms with Crippen LogP contribution in [0, 0.1) is 13.8 Å². The second-order valence-electron chi connectivity index (χ2n) is 7.45. The lowest BCUT2D eigenvalue weighted by molar-refractivity contribution is -0.116. The lowest BCUT2D eigenvalue weighted by Gasteiger charge is -2.17. The third-order valence-corrected chi connectivity index (χ3v) is 5.51. The molecule has 0 atom stereocenters. The van der Waals surface area contributed by atoms with Gasteiger partial charge in [-0.15, -0.1) is 0 Å². The molecule has 3 rings (SSSR count). The molecule has 0 fully saturated rings. The molecule has 0 saturated carbocycles. The normalized spacial score (nSPS) is 10.7. The molecule has 32 heavy (non-hydrogen) atoms. The number of amides is 2. The molecule has 7 nitrogen and oxygen atoms in total. The van der Waals surface area contributed by atoms with Crippen LogP contribution in [0.4, 0.5) is 5.69 Å². The van der Waals surface area contributed by atoms with Crippen molar-refractivity contribution < 1.29 is 14.3 Å². The number of ether oxygens (including phenoxy) is 1. The van der Waals surface area contributed by atoms with Gasteiger partial charge >= 0.3 is 0 Å². The number of hydrogen-bond donors (Lipinski definition) is 1. The zero-order chi connectivity index (χ0) is 23.4. The van der Waals surface area contributed by atoms with Gasteiger partial charge in [-0.05, 0) is 37.6 Å². The number of rotatable bonds is 7.